The van der Waals surface area contributed by atoms with Crippen molar-refractivity contribution in [3.05, 3.63) is 36.6 Å². The van der Waals surface area contributed by atoms with Gasteiger partial charge in [0.05, 0.1) is 40.2 Å². The average molecular weight is 549 g/mol. The third-order valence-electron chi connectivity index (χ3n) is 5.62. The number of amides is 1. The van der Waals surface area contributed by atoms with Crippen LogP contribution in [0.1, 0.15) is 12.8 Å². The van der Waals surface area contributed by atoms with Crippen LogP contribution in [0.15, 0.2) is 41.1 Å². The highest BCUT2D eigenvalue weighted by molar-refractivity contribution is 5.97. The SMILES string of the molecule is COc1ccc(-c2conc2-c2cc(OC)c(OC)c(OC)c2)cc1NC(=O)C(N)CCCNC(=N)N.Cl. The predicted molar refractivity (Wildman–Crippen MR) is 147 cm³/mol. The monoisotopic (exact) mass is 548 g/mol. The molecule has 0 radical (unpaired) electrons. The van der Waals surface area contributed by atoms with Crippen LogP contribution in [0.3, 0.4) is 0 Å². The number of hydrogen-bond donors (Lipinski definition) is 5. The van der Waals surface area contributed by atoms with Crippen molar-refractivity contribution >= 4 is 30.0 Å². The Morgan fingerprint density at radius 3 is 2.26 bits per heavy atom. The van der Waals surface area contributed by atoms with Gasteiger partial charge in [0.25, 0.3) is 0 Å². The third kappa shape index (κ3) is 6.99. The van der Waals surface area contributed by atoms with E-state index in [1.807, 2.05) is 6.07 Å². The summed E-state index contributed by atoms with van der Waals surface area (Å²) in [6.45, 7) is 0.451. The molecule has 0 bridgehead atoms. The molecule has 1 atom stereocenters. The van der Waals surface area contributed by atoms with E-state index >= 15 is 0 Å². The Hall–Kier alpha value is -4.16. The van der Waals surface area contributed by atoms with Gasteiger partial charge in [0.1, 0.15) is 17.7 Å². The lowest BCUT2D eigenvalue weighted by molar-refractivity contribution is -0.117. The Labute approximate surface area is 226 Å². The van der Waals surface area contributed by atoms with Crippen molar-refractivity contribution in [2.75, 3.05) is 40.3 Å². The molecule has 0 saturated heterocycles. The van der Waals surface area contributed by atoms with Crippen molar-refractivity contribution in [2.45, 2.75) is 18.9 Å². The molecule has 1 aromatic heterocycles. The van der Waals surface area contributed by atoms with Gasteiger partial charge in [-0.25, -0.2) is 0 Å². The fourth-order valence-electron chi connectivity index (χ4n) is 3.74. The molecule has 38 heavy (non-hydrogen) atoms. The van der Waals surface area contributed by atoms with E-state index < -0.39 is 6.04 Å². The zero-order chi connectivity index (χ0) is 26.9. The van der Waals surface area contributed by atoms with E-state index in [0.29, 0.717) is 64.9 Å². The standard InChI is InChI=1S/C25H32N6O6.ClH/c1-33-19-8-7-14(10-18(19)30-24(32)17(26)6-5-9-29-25(27)28)16-13-37-31-22(16)15-11-20(34-2)23(36-4)21(12-15)35-3;/h7-8,10-13,17H,5-6,9,26H2,1-4H3,(H,30,32)(H4,27,28,29);1H. The van der Waals surface area contributed by atoms with Crippen molar-refractivity contribution in [2.24, 2.45) is 11.5 Å². The Balaban J connectivity index is 0.00000507. The average Bonchev–Trinajstić information content (AvgIpc) is 3.40. The summed E-state index contributed by atoms with van der Waals surface area (Å²) in [7, 11) is 6.12. The first-order valence-electron chi connectivity index (χ1n) is 11.4. The highest BCUT2D eigenvalue weighted by atomic mass is 35.5. The maximum atomic E-state index is 12.7. The minimum absolute atomic E-state index is 0. The van der Waals surface area contributed by atoms with Crippen LogP contribution in [-0.2, 0) is 4.79 Å². The molecule has 13 heteroatoms. The first-order chi connectivity index (χ1) is 17.8. The molecule has 206 valence electrons. The summed E-state index contributed by atoms with van der Waals surface area (Å²) in [5, 5.41) is 16.9. The number of ether oxygens (including phenoxy) is 4. The van der Waals surface area contributed by atoms with Crippen LogP contribution in [0.4, 0.5) is 5.69 Å². The first kappa shape index (κ1) is 30.1. The van der Waals surface area contributed by atoms with Gasteiger partial charge in [0, 0.05) is 17.7 Å². The van der Waals surface area contributed by atoms with Crippen LogP contribution in [0, 0.1) is 5.41 Å². The lowest BCUT2D eigenvalue weighted by Gasteiger charge is -2.16. The van der Waals surface area contributed by atoms with Gasteiger partial charge in [-0.3, -0.25) is 10.2 Å². The lowest BCUT2D eigenvalue weighted by atomic mass is 10.00. The van der Waals surface area contributed by atoms with Gasteiger partial charge in [0.15, 0.2) is 17.5 Å². The van der Waals surface area contributed by atoms with Crippen LogP contribution >= 0.6 is 12.4 Å². The minimum atomic E-state index is -0.757. The second kappa shape index (κ2) is 14.0. The zero-order valence-electron chi connectivity index (χ0n) is 21.6. The van der Waals surface area contributed by atoms with Crippen LogP contribution in [-0.4, -0.2) is 58.0 Å². The fourth-order valence-corrected chi connectivity index (χ4v) is 3.74. The predicted octanol–water partition coefficient (Wildman–Crippen LogP) is 2.99. The largest absolute Gasteiger partial charge is 0.495 e. The lowest BCUT2D eigenvalue weighted by Crippen LogP contribution is -2.37. The van der Waals surface area contributed by atoms with Crippen molar-refractivity contribution in [3.8, 4) is 45.4 Å². The van der Waals surface area contributed by atoms with Gasteiger partial charge >= 0.3 is 0 Å². The molecule has 1 unspecified atom stereocenters. The van der Waals surface area contributed by atoms with Crippen LogP contribution < -0.4 is 41.0 Å². The molecule has 7 N–H and O–H groups in total. The van der Waals surface area contributed by atoms with E-state index in [4.69, 9.17) is 40.3 Å². The number of carbonyl (C=O) groups is 1. The molecule has 3 aromatic rings. The fraction of sp³-hybridized carbons (Fsp3) is 0.320. The molecule has 0 fully saturated rings. The molecule has 1 heterocycles. The van der Waals surface area contributed by atoms with Gasteiger partial charge in [-0.05, 0) is 42.7 Å². The molecule has 0 aliphatic carbocycles. The maximum absolute atomic E-state index is 12.7. The molecule has 0 spiro atoms. The first-order valence-corrected chi connectivity index (χ1v) is 11.4. The number of hydrogen-bond acceptors (Lipinski definition) is 9. The summed E-state index contributed by atoms with van der Waals surface area (Å²) in [5.74, 6) is 1.38. The van der Waals surface area contributed by atoms with Crippen LogP contribution in [0.25, 0.3) is 22.4 Å². The third-order valence-corrected chi connectivity index (χ3v) is 5.62. The molecule has 0 saturated carbocycles. The van der Waals surface area contributed by atoms with E-state index in [1.165, 1.54) is 34.7 Å². The maximum Gasteiger partial charge on any atom is 0.241 e. The van der Waals surface area contributed by atoms with Gasteiger partial charge < -0.3 is 45.6 Å². The zero-order valence-corrected chi connectivity index (χ0v) is 22.4. The molecule has 2 aromatic carbocycles. The number of benzene rings is 2. The van der Waals surface area contributed by atoms with Gasteiger partial charge in [-0.1, -0.05) is 11.2 Å². The number of anilines is 1. The Morgan fingerprint density at radius 2 is 1.68 bits per heavy atom. The van der Waals surface area contributed by atoms with E-state index in [0.717, 1.165) is 5.56 Å². The number of methoxy groups -OCH3 is 4. The van der Waals surface area contributed by atoms with Crippen molar-refractivity contribution in [1.82, 2.24) is 10.5 Å². The summed E-state index contributed by atoms with van der Waals surface area (Å²) in [5.41, 5.74) is 14.4. The normalized spacial score (nSPS) is 11.1. The smallest absolute Gasteiger partial charge is 0.241 e. The number of nitrogens with one attached hydrogen (secondary N) is 3. The van der Waals surface area contributed by atoms with Crippen molar-refractivity contribution in [1.29, 1.82) is 5.41 Å². The topological polar surface area (TPSA) is 180 Å². The summed E-state index contributed by atoms with van der Waals surface area (Å²) >= 11 is 0. The van der Waals surface area contributed by atoms with Crippen LogP contribution in [0.2, 0.25) is 0 Å². The number of nitrogens with zero attached hydrogens (tertiary/aromatic N) is 1. The van der Waals surface area contributed by atoms with Crippen molar-refractivity contribution in [3.63, 3.8) is 0 Å². The minimum Gasteiger partial charge on any atom is -0.495 e. The van der Waals surface area contributed by atoms with E-state index in [1.54, 1.807) is 24.3 Å². The van der Waals surface area contributed by atoms with E-state index in [2.05, 4.69) is 15.8 Å². The molecular weight excluding hydrogens is 516 g/mol. The molecule has 3 rings (SSSR count). The molecule has 12 nitrogen and oxygen atoms in total. The number of aromatic nitrogens is 1. The summed E-state index contributed by atoms with van der Waals surface area (Å²) in [6, 6.07) is 8.11. The van der Waals surface area contributed by atoms with Gasteiger partial charge in [-0.2, -0.15) is 0 Å². The Bertz CT molecular complexity index is 1230. The molecule has 0 aliphatic heterocycles. The summed E-state index contributed by atoms with van der Waals surface area (Å²) in [4.78, 5) is 12.7. The van der Waals surface area contributed by atoms with Crippen LogP contribution in [0.5, 0.6) is 23.0 Å². The Kier molecular flexibility index (Phi) is 11.0. The molecule has 1 amide bonds. The second-order valence-corrected chi connectivity index (χ2v) is 7.98. The highest BCUT2D eigenvalue weighted by Gasteiger charge is 2.21. The molecular formula is C25H33ClN6O6. The number of halogens is 1. The molecule has 0 aliphatic rings. The Morgan fingerprint density at radius 1 is 1.03 bits per heavy atom. The van der Waals surface area contributed by atoms with Gasteiger partial charge in [-0.15, -0.1) is 12.4 Å². The highest BCUT2D eigenvalue weighted by Crippen LogP contribution is 2.43. The summed E-state index contributed by atoms with van der Waals surface area (Å²) < 4.78 is 27.1. The second-order valence-electron chi connectivity index (χ2n) is 7.98. The number of carbonyl (C=O) groups excluding carboxylic acids is 1. The number of nitrogens with two attached hydrogens (primary N) is 2. The quantitative estimate of drug-likeness (QED) is 0.128. The summed E-state index contributed by atoms with van der Waals surface area (Å²) in [6.07, 6.45) is 2.49. The van der Waals surface area contributed by atoms with Gasteiger partial charge in [0.2, 0.25) is 11.7 Å². The van der Waals surface area contributed by atoms with E-state index in [-0.39, 0.29) is 24.3 Å². The van der Waals surface area contributed by atoms with Crippen molar-refractivity contribution < 1.29 is 28.3 Å². The number of rotatable bonds is 12. The number of guanidine groups is 1. The van der Waals surface area contributed by atoms with E-state index in [9.17, 15) is 4.79 Å².